The number of furan rings is 1. The molecule has 0 bridgehead atoms. The van der Waals surface area contributed by atoms with E-state index in [9.17, 15) is 0 Å². The summed E-state index contributed by atoms with van der Waals surface area (Å²) >= 11 is 0. The van der Waals surface area contributed by atoms with E-state index in [0.29, 0.717) is 5.92 Å². The first-order valence-electron chi connectivity index (χ1n) is 4.41. The number of halogens is 1. The van der Waals surface area contributed by atoms with Crippen molar-refractivity contribution in [2.24, 2.45) is 11.7 Å². The van der Waals surface area contributed by atoms with Crippen LogP contribution in [0.15, 0.2) is 16.5 Å². The minimum atomic E-state index is 0. The lowest BCUT2D eigenvalue weighted by molar-refractivity contribution is 0.404. The highest BCUT2D eigenvalue weighted by Crippen LogP contribution is 2.20. The second-order valence-electron chi connectivity index (χ2n) is 3.68. The predicted molar refractivity (Wildman–Crippen MR) is 57.1 cm³/mol. The summed E-state index contributed by atoms with van der Waals surface area (Å²) in [6.45, 7) is 6.26. The molecule has 0 aromatic carbocycles. The third kappa shape index (κ3) is 3.83. The Hall–Kier alpha value is -0.470. The average Bonchev–Trinajstić information content (AvgIpc) is 2.34. The summed E-state index contributed by atoms with van der Waals surface area (Å²) in [5.74, 6) is 2.45. The molecular formula is C10H18ClNO. The van der Waals surface area contributed by atoms with Crippen LogP contribution in [0.5, 0.6) is 0 Å². The Morgan fingerprint density at radius 3 is 2.38 bits per heavy atom. The zero-order valence-electron chi connectivity index (χ0n) is 8.41. The van der Waals surface area contributed by atoms with Crippen molar-refractivity contribution in [3.8, 4) is 0 Å². The second-order valence-corrected chi connectivity index (χ2v) is 3.68. The highest BCUT2D eigenvalue weighted by atomic mass is 35.5. The molecule has 1 heterocycles. The Morgan fingerprint density at radius 2 is 2.00 bits per heavy atom. The maximum Gasteiger partial charge on any atom is 0.120 e. The van der Waals surface area contributed by atoms with Gasteiger partial charge in [0.25, 0.3) is 0 Å². The van der Waals surface area contributed by atoms with Gasteiger partial charge in [0.15, 0.2) is 0 Å². The first-order chi connectivity index (χ1) is 5.59. The predicted octanol–water partition coefficient (Wildman–Crippen LogP) is 3.06. The molecule has 1 aromatic heterocycles. The molecule has 2 nitrogen and oxygen atoms in total. The Labute approximate surface area is 85.9 Å². The van der Waals surface area contributed by atoms with Crippen molar-refractivity contribution < 1.29 is 4.42 Å². The molecule has 0 amide bonds. The van der Waals surface area contributed by atoms with Crippen LogP contribution in [0.25, 0.3) is 0 Å². The quantitative estimate of drug-likeness (QED) is 0.820. The van der Waals surface area contributed by atoms with Crippen molar-refractivity contribution >= 4 is 12.4 Å². The van der Waals surface area contributed by atoms with E-state index in [4.69, 9.17) is 10.2 Å². The highest BCUT2D eigenvalue weighted by molar-refractivity contribution is 5.85. The van der Waals surface area contributed by atoms with Crippen molar-refractivity contribution in [2.75, 3.05) is 0 Å². The molecule has 0 aliphatic rings. The summed E-state index contributed by atoms with van der Waals surface area (Å²) < 4.78 is 5.42. The Kier molecular flexibility index (Phi) is 5.11. The first kappa shape index (κ1) is 12.5. The third-order valence-corrected chi connectivity index (χ3v) is 1.85. The van der Waals surface area contributed by atoms with Crippen molar-refractivity contribution in [2.45, 2.75) is 33.2 Å². The van der Waals surface area contributed by atoms with Gasteiger partial charge >= 0.3 is 0 Å². The van der Waals surface area contributed by atoms with Crippen molar-refractivity contribution in [1.29, 1.82) is 0 Å². The number of rotatable bonds is 3. The van der Waals surface area contributed by atoms with Crippen LogP contribution in [0.4, 0.5) is 0 Å². The van der Waals surface area contributed by atoms with Crippen LogP contribution in [0.1, 0.15) is 37.8 Å². The lowest BCUT2D eigenvalue weighted by Gasteiger charge is -2.10. The molecule has 0 saturated carbocycles. The fraction of sp³-hybridized carbons (Fsp3) is 0.600. The maximum absolute atomic E-state index is 5.92. The molecular weight excluding hydrogens is 186 g/mol. The molecule has 0 saturated heterocycles. The van der Waals surface area contributed by atoms with E-state index in [1.807, 2.05) is 19.1 Å². The van der Waals surface area contributed by atoms with Crippen LogP contribution in [0, 0.1) is 12.8 Å². The number of nitrogens with two attached hydrogens (primary N) is 1. The van der Waals surface area contributed by atoms with Gasteiger partial charge in [-0.25, -0.2) is 0 Å². The van der Waals surface area contributed by atoms with Gasteiger partial charge in [0.1, 0.15) is 11.5 Å². The fourth-order valence-electron chi connectivity index (χ4n) is 1.28. The molecule has 0 radical (unpaired) electrons. The van der Waals surface area contributed by atoms with E-state index in [0.717, 1.165) is 17.9 Å². The van der Waals surface area contributed by atoms with Crippen LogP contribution in [0.2, 0.25) is 0 Å². The molecule has 0 aliphatic heterocycles. The summed E-state index contributed by atoms with van der Waals surface area (Å²) in [4.78, 5) is 0. The van der Waals surface area contributed by atoms with Gasteiger partial charge in [-0.05, 0) is 31.4 Å². The van der Waals surface area contributed by atoms with Crippen molar-refractivity contribution in [3.63, 3.8) is 0 Å². The molecule has 1 unspecified atom stereocenters. The summed E-state index contributed by atoms with van der Waals surface area (Å²) in [5, 5.41) is 0. The topological polar surface area (TPSA) is 39.2 Å². The molecule has 3 heteroatoms. The molecule has 1 rings (SSSR count). The van der Waals surface area contributed by atoms with Gasteiger partial charge in [-0.3, -0.25) is 0 Å². The molecule has 0 aliphatic carbocycles. The zero-order chi connectivity index (χ0) is 9.14. The molecule has 1 atom stereocenters. The van der Waals surface area contributed by atoms with Gasteiger partial charge in [0, 0.05) is 0 Å². The summed E-state index contributed by atoms with van der Waals surface area (Å²) in [6, 6.07) is 3.97. The average molecular weight is 204 g/mol. The SMILES string of the molecule is Cc1ccc(C(N)CC(C)C)o1.Cl. The van der Waals surface area contributed by atoms with E-state index in [-0.39, 0.29) is 18.4 Å². The number of hydrogen-bond donors (Lipinski definition) is 1. The van der Waals surface area contributed by atoms with Crippen molar-refractivity contribution in [3.05, 3.63) is 23.7 Å². The van der Waals surface area contributed by atoms with E-state index in [2.05, 4.69) is 13.8 Å². The fourth-order valence-corrected chi connectivity index (χ4v) is 1.28. The van der Waals surface area contributed by atoms with E-state index in [1.165, 1.54) is 0 Å². The van der Waals surface area contributed by atoms with Crippen LogP contribution < -0.4 is 5.73 Å². The second kappa shape index (κ2) is 5.30. The highest BCUT2D eigenvalue weighted by Gasteiger charge is 2.11. The van der Waals surface area contributed by atoms with Gasteiger partial charge in [0.05, 0.1) is 6.04 Å². The third-order valence-electron chi connectivity index (χ3n) is 1.85. The van der Waals surface area contributed by atoms with Gasteiger partial charge < -0.3 is 10.2 Å². The van der Waals surface area contributed by atoms with E-state index < -0.39 is 0 Å². The lowest BCUT2D eigenvalue weighted by atomic mass is 10.0. The normalized spacial score (nSPS) is 12.7. The van der Waals surface area contributed by atoms with Crippen LogP contribution in [0.3, 0.4) is 0 Å². The number of hydrogen-bond acceptors (Lipinski definition) is 2. The first-order valence-corrected chi connectivity index (χ1v) is 4.41. The number of aryl methyl sites for hydroxylation is 1. The molecule has 0 fully saturated rings. The molecule has 76 valence electrons. The molecule has 1 aromatic rings. The standard InChI is InChI=1S/C10H17NO.ClH/c1-7(2)6-9(11)10-5-4-8(3)12-10;/h4-5,7,9H,6,11H2,1-3H3;1H. The zero-order valence-corrected chi connectivity index (χ0v) is 9.23. The van der Waals surface area contributed by atoms with Gasteiger partial charge in [0.2, 0.25) is 0 Å². The summed E-state index contributed by atoms with van der Waals surface area (Å²) in [6.07, 6.45) is 0.979. The molecule has 2 N–H and O–H groups in total. The lowest BCUT2D eigenvalue weighted by Crippen LogP contribution is -2.11. The maximum atomic E-state index is 5.92. The van der Waals surface area contributed by atoms with Crippen LogP contribution in [-0.2, 0) is 0 Å². The monoisotopic (exact) mass is 203 g/mol. The van der Waals surface area contributed by atoms with E-state index in [1.54, 1.807) is 0 Å². The molecule has 0 spiro atoms. The molecule has 13 heavy (non-hydrogen) atoms. The minimum Gasteiger partial charge on any atom is -0.465 e. The van der Waals surface area contributed by atoms with Gasteiger partial charge in [-0.2, -0.15) is 0 Å². The van der Waals surface area contributed by atoms with E-state index >= 15 is 0 Å². The largest absolute Gasteiger partial charge is 0.465 e. The van der Waals surface area contributed by atoms with Gasteiger partial charge in [-0.15, -0.1) is 12.4 Å². The Morgan fingerprint density at radius 1 is 1.38 bits per heavy atom. The minimum absolute atomic E-state index is 0. The smallest absolute Gasteiger partial charge is 0.120 e. The Balaban J connectivity index is 0.00000144. The summed E-state index contributed by atoms with van der Waals surface area (Å²) in [5.41, 5.74) is 5.92. The van der Waals surface area contributed by atoms with Crippen LogP contribution in [-0.4, -0.2) is 0 Å². The van der Waals surface area contributed by atoms with Crippen LogP contribution >= 0.6 is 12.4 Å². The van der Waals surface area contributed by atoms with Crippen molar-refractivity contribution in [1.82, 2.24) is 0 Å². The summed E-state index contributed by atoms with van der Waals surface area (Å²) in [7, 11) is 0. The van der Waals surface area contributed by atoms with Gasteiger partial charge in [-0.1, -0.05) is 13.8 Å². The Bertz CT molecular complexity index is 245.